The lowest BCUT2D eigenvalue weighted by Crippen LogP contribution is -2.31. The monoisotopic (exact) mass is 274 g/mol. The number of aryl methyl sites for hydroxylation is 1. The molecule has 8 heteroatoms. The topological polar surface area (TPSA) is 110 Å². The summed E-state index contributed by atoms with van der Waals surface area (Å²) in [7, 11) is -3.76. The summed E-state index contributed by atoms with van der Waals surface area (Å²) in [5, 5.41) is 19.6. The molecule has 1 rings (SSSR count). The average molecular weight is 274 g/mol. The van der Waals surface area contributed by atoms with Gasteiger partial charge in [0.1, 0.15) is 0 Å². The largest absolute Gasteiger partial charge is 0.392 e. The SMILES string of the molecule is Cc1cc([N+](=O)[O-])ccc1S(=O)(=O)NC[C@H](C)O. The van der Waals surface area contributed by atoms with Gasteiger partial charge in [0.2, 0.25) is 10.0 Å². The average Bonchev–Trinajstić information content (AvgIpc) is 2.26. The van der Waals surface area contributed by atoms with Crippen LogP contribution in [0.4, 0.5) is 5.69 Å². The number of benzene rings is 1. The van der Waals surface area contributed by atoms with Crippen molar-refractivity contribution in [1.82, 2.24) is 4.72 Å². The van der Waals surface area contributed by atoms with Gasteiger partial charge in [0.05, 0.1) is 15.9 Å². The van der Waals surface area contributed by atoms with E-state index in [1.165, 1.54) is 26.0 Å². The Morgan fingerprint density at radius 1 is 1.50 bits per heavy atom. The Bertz CT molecular complexity index is 553. The molecule has 0 amide bonds. The first-order valence-electron chi connectivity index (χ1n) is 5.17. The number of aliphatic hydroxyl groups is 1. The summed E-state index contributed by atoms with van der Waals surface area (Å²) >= 11 is 0. The smallest absolute Gasteiger partial charge is 0.269 e. The predicted molar refractivity (Wildman–Crippen MR) is 64.7 cm³/mol. The summed E-state index contributed by atoms with van der Waals surface area (Å²) in [6.45, 7) is 2.81. The molecule has 0 heterocycles. The maximum Gasteiger partial charge on any atom is 0.269 e. The van der Waals surface area contributed by atoms with Gasteiger partial charge in [-0.25, -0.2) is 13.1 Å². The van der Waals surface area contributed by atoms with E-state index in [0.29, 0.717) is 0 Å². The van der Waals surface area contributed by atoms with Crippen LogP contribution in [0, 0.1) is 17.0 Å². The molecule has 7 nitrogen and oxygen atoms in total. The van der Waals surface area contributed by atoms with Crippen LogP contribution in [-0.4, -0.2) is 31.1 Å². The van der Waals surface area contributed by atoms with Crippen LogP contribution in [-0.2, 0) is 10.0 Å². The number of sulfonamides is 1. The van der Waals surface area contributed by atoms with E-state index >= 15 is 0 Å². The highest BCUT2D eigenvalue weighted by Gasteiger charge is 2.19. The zero-order valence-corrected chi connectivity index (χ0v) is 10.8. The fourth-order valence-corrected chi connectivity index (χ4v) is 2.70. The highest BCUT2D eigenvalue weighted by molar-refractivity contribution is 7.89. The molecule has 0 aromatic heterocycles. The van der Waals surface area contributed by atoms with Crippen molar-refractivity contribution in [3.8, 4) is 0 Å². The molecule has 0 saturated carbocycles. The van der Waals surface area contributed by atoms with E-state index in [0.717, 1.165) is 6.07 Å². The van der Waals surface area contributed by atoms with Gasteiger partial charge in [0, 0.05) is 18.7 Å². The lowest BCUT2D eigenvalue weighted by atomic mass is 10.2. The van der Waals surface area contributed by atoms with Crippen molar-refractivity contribution in [3.05, 3.63) is 33.9 Å². The molecule has 0 fully saturated rings. The number of aliphatic hydroxyl groups excluding tert-OH is 1. The number of hydrogen-bond donors (Lipinski definition) is 2. The predicted octanol–water partition coefficient (Wildman–Crippen LogP) is 0.562. The van der Waals surface area contributed by atoms with Gasteiger partial charge < -0.3 is 5.11 Å². The molecule has 1 atom stereocenters. The lowest BCUT2D eigenvalue weighted by Gasteiger charge is -2.10. The third-order valence-electron chi connectivity index (χ3n) is 2.23. The van der Waals surface area contributed by atoms with Crippen LogP contribution in [0.1, 0.15) is 12.5 Å². The molecule has 0 aliphatic rings. The van der Waals surface area contributed by atoms with Gasteiger partial charge in [-0.1, -0.05) is 0 Å². The van der Waals surface area contributed by atoms with E-state index in [1.807, 2.05) is 0 Å². The van der Waals surface area contributed by atoms with E-state index in [2.05, 4.69) is 4.72 Å². The van der Waals surface area contributed by atoms with Crippen molar-refractivity contribution in [2.24, 2.45) is 0 Å². The molecule has 0 saturated heterocycles. The fraction of sp³-hybridized carbons (Fsp3) is 0.400. The lowest BCUT2D eigenvalue weighted by molar-refractivity contribution is -0.385. The van der Waals surface area contributed by atoms with Gasteiger partial charge in [-0.3, -0.25) is 10.1 Å². The Morgan fingerprint density at radius 2 is 2.11 bits per heavy atom. The number of nitrogens with one attached hydrogen (secondary N) is 1. The molecule has 1 aromatic carbocycles. The van der Waals surface area contributed by atoms with Crippen molar-refractivity contribution in [2.75, 3.05) is 6.54 Å². The Morgan fingerprint density at radius 3 is 2.56 bits per heavy atom. The van der Waals surface area contributed by atoms with Gasteiger partial charge >= 0.3 is 0 Å². The number of hydrogen-bond acceptors (Lipinski definition) is 5. The van der Waals surface area contributed by atoms with Crippen LogP contribution < -0.4 is 4.72 Å². The molecular formula is C10H14N2O5S. The molecule has 1 aromatic rings. The fourth-order valence-electron chi connectivity index (χ4n) is 1.36. The van der Waals surface area contributed by atoms with Gasteiger partial charge in [0.15, 0.2) is 0 Å². The second-order valence-corrected chi connectivity index (χ2v) is 5.64. The first-order chi connectivity index (χ1) is 8.24. The maximum absolute atomic E-state index is 11.8. The van der Waals surface area contributed by atoms with Gasteiger partial charge in [0.25, 0.3) is 5.69 Å². The minimum Gasteiger partial charge on any atom is -0.392 e. The minimum atomic E-state index is -3.76. The standard InChI is InChI=1S/C10H14N2O5S/c1-7-5-9(12(14)15)3-4-10(7)18(16,17)11-6-8(2)13/h3-5,8,11,13H,6H2,1-2H3/t8-/m0/s1. The Balaban J connectivity index is 3.06. The highest BCUT2D eigenvalue weighted by atomic mass is 32.2. The van der Waals surface area contributed by atoms with Crippen LogP contribution in [0.15, 0.2) is 23.1 Å². The molecule has 18 heavy (non-hydrogen) atoms. The molecule has 0 unspecified atom stereocenters. The molecular weight excluding hydrogens is 260 g/mol. The summed E-state index contributed by atoms with van der Waals surface area (Å²) < 4.78 is 25.9. The molecule has 0 bridgehead atoms. The number of nitrogens with zero attached hydrogens (tertiary/aromatic N) is 1. The van der Waals surface area contributed by atoms with Crippen LogP contribution in [0.25, 0.3) is 0 Å². The Kier molecular flexibility index (Phi) is 4.38. The molecule has 100 valence electrons. The number of nitro benzene ring substituents is 1. The molecule has 0 aliphatic carbocycles. The molecule has 0 spiro atoms. The van der Waals surface area contributed by atoms with Crippen molar-refractivity contribution in [3.63, 3.8) is 0 Å². The number of non-ortho nitro benzene ring substituents is 1. The normalized spacial score (nSPS) is 13.3. The van der Waals surface area contributed by atoms with Crippen LogP contribution in [0.2, 0.25) is 0 Å². The van der Waals surface area contributed by atoms with Crippen molar-refractivity contribution >= 4 is 15.7 Å². The van der Waals surface area contributed by atoms with E-state index in [9.17, 15) is 18.5 Å². The van der Waals surface area contributed by atoms with Gasteiger partial charge in [-0.2, -0.15) is 0 Å². The van der Waals surface area contributed by atoms with E-state index in [-0.39, 0.29) is 22.7 Å². The summed E-state index contributed by atoms with van der Waals surface area (Å²) in [5.74, 6) is 0. The quantitative estimate of drug-likeness (QED) is 0.602. The maximum atomic E-state index is 11.8. The molecule has 0 radical (unpaired) electrons. The molecule has 2 N–H and O–H groups in total. The first-order valence-corrected chi connectivity index (χ1v) is 6.65. The van der Waals surface area contributed by atoms with Gasteiger partial charge in [-0.15, -0.1) is 0 Å². The third-order valence-corrected chi connectivity index (χ3v) is 3.81. The Labute approximate surface area is 105 Å². The zero-order valence-electron chi connectivity index (χ0n) is 9.95. The third kappa shape index (κ3) is 3.49. The minimum absolute atomic E-state index is 0.0336. The second kappa shape index (κ2) is 5.42. The first kappa shape index (κ1) is 14.6. The van der Waals surface area contributed by atoms with Crippen LogP contribution >= 0.6 is 0 Å². The van der Waals surface area contributed by atoms with E-state index in [1.54, 1.807) is 0 Å². The zero-order chi connectivity index (χ0) is 13.9. The second-order valence-electron chi connectivity index (χ2n) is 3.91. The summed E-state index contributed by atoms with van der Waals surface area (Å²) in [6.07, 6.45) is -0.807. The number of nitro groups is 1. The van der Waals surface area contributed by atoms with Crippen molar-refractivity contribution < 1.29 is 18.4 Å². The van der Waals surface area contributed by atoms with Crippen molar-refractivity contribution in [2.45, 2.75) is 24.8 Å². The van der Waals surface area contributed by atoms with Crippen molar-refractivity contribution in [1.29, 1.82) is 0 Å². The molecule has 0 aliphatic heterocycles. The highest BCUT2D eigenvalue weighted by Crippen LogP contribution is 2.20. The van der Waals surface area contributed by atoms with E-state index in [4.69, 9.17) is 5.11 Å². The number of rotatable bonds is 5. The summed E-state index contributed by atoms with van der Waals surface area (Å²) in [4.78, 5) is 9.91. The Hall–Kier alpha value is -1.51. The van der Waals surface area contributed by atoms with Gasteiger partial charge in [-0.05, 0) is 25.5 Å². The summed E-state index contributed by atoms with van der Waals surface area (Å²) in [5.41, 5.74) is 0.115. The summed E-state index contributed by atoms with van der Waals surface area (Å²) in [6, 6.07) is 3.50. The van der Waals surface area contributed by atoms with Crippen LogP contribution in [0.5, 0.6) is 0 Å². The van der Waals surface area contributed by atoms with E-state index < -0.39 is 21.1 Å². The van der Waals surface area contributed by atoms with Crippen LogP contribution in [0.3, 0.4) is 0 Å².